The number of pyridine rings is 1. The van der Waals surface area contributed by atoms with Gasteiger partial charge in [-0.2, -0.15) is 0 Å². The van der Waals surface area contributed by atoms with Crippen molar-refractivity contribution in [2.45, 2.75) is 12.5 Å². The number of ether oxygens (including phenoxy) is 2. The van der Waals surface area contributed by atoms with Crippen LogP contribution in [0.5, 0.6) is 5.75 Å². The zero-order chi connectivity index (χ0) is 22.2. The maximum absolute atomic E-state index is 5.56. The summed E-state index contributed by atoms with van der Waals surface area (Å²) >= 11 is 0. The summed E-state index contributed by atoms with van der Waals surface area (Å²) in [5.74, 6) is 1.66. The van der Waals surface area contributed by atoms with Crippen molar-refractivity contribution in [1.29, 1.82) is 0 Å². The topological polar surface area (TPSA) is 75.4 Å². The molecule has 0 bridgehead atoms. The van der Waals surface area contributed by atoms with Crippen LogP contribution < -0.4 is 15.4 Å². The largest absolute Gasteiger partial charge is 0.497 e. The second-order valence-electron chi connectivity index (χ2n) is 7.77. The Kier molecular flexibility index (Phi) is 9.76. The van der Waals surface area contributed by atoms with Crippen LogP contribution in [-0.4, -0.2) is 73.8 Å². The number of benzene rings is 1. The molecule has 1 fully saturated rings. The van der Waals surface area contributed by atoms with Crippen LogP contribution in [0, 0.1) is 0 Å². The number of rotatable bonds is 8. The number of hydrogen-bond donors (Lipinski definition) is 2. The highest BCUT2D eigenvalue weighted by atomic mass is 127. The number of fused-ring (bicyclic) bond motifs is 1. The quantitative estimate of drug-likeness (QED) is 0.249. The molecule has 0 radical (unpaired) electrons. The molecule has 8 nitrogen and oxygen atoms in total. The number of aromatic nitrogens is 2. The third-order valence-electron chi connectivity index (χ3n) is 5.76. The van der Waals surface area contributed by atoms with Gasteiger partial charge in [0, 0.05) is 52.0 Å². The molecule has 2 aromatic heterocycles. The Labute approximate surface area is 212 Å². The fourth-order valence-corrected chi connectivity index (χ4v) is 4.00. The number of guanidine groups is 1. The van der Waals surface area contributed by atoms with E-state index < -0.39 is 0 Å². The SMILES string of the molecule is CN=C(NCCc1cn2ccccc2n1)NCC(c1ccc(OC)cc1)N1CCOCC1.I. The number of morpholine rings is 1. The van der Waals surface area contributed by atoms with E-state index in [0.717, 1.165) is 68.9 Å². The number of methoxy groups -OCH3 is 1. The molecule has 1 aliphatic heterocycles. The molecule has 0 aliphatic carbocycles. The van der Waals surface area contributed by atoms with E-state index in [4.69, 9.17) is 9.47 Å². The molecule has 4 rings (SSSR count). The van der Waals surface area contributed by atoms with Gasteiger partial charge in [0.25, 0.3) is 0 Å². The summed E-state index contributed by atoms with van der Waals surface area (Å²) in [5, 5.41) is 6.92. The van der Waals surface area contributed by atoms with E-state index in [2.05, 4.69) is 43.8 Å². The van der Waals surface area contributed by atoms with Crippen LogP contribution >= 0.6 is 24.0 Å². The van der Waals surface area contributed by atoms with Crippen molar-refractivity contribution in [3.05, 3.63) is 66.1 Å². The summed E-state index contributed by atoms with van der Waals surface area (Å²) in [6.45, 7) is 4.86. The van der Waals surface area contributed by atoms with Crippen molar-refractivity contribution >= 4 is 35.6 Å². The predicted molar refractivity (Wildman–Crippen MR) is 142 cm³/mol. The third-order valence-corrected chi connectivity index (χ3v) is 5.76. The van der Waals surface area contributed by atoms with Gasteiger partial charge >= 0.3 is 0 Å². The highest BCUT2D eigenvalue weighted by Gasteiger charge is 2.23. The number of nitrogens with one attached hydrogen (secondary N) is 2. The predicted octanol–water partition coefficient (Wildman–Crippen LogP) is 2.74. The lowest BCUT2D eigenvalue weighted by molar-refractivity contribution is 0.0170. The Morgan fingerprint density at radius 2 is 1.94 bits per heavy atom. The molecule has 178 valence electrons. The minimum Gasteiger partial charge on any atom is -0.497 e. The molecular formula is C24H33IN6O2. The van der Waals surface area contributed by atoms with Crippen LogP contribution in [0.2, 0.25) is 0 Å². The Morgan fingerprint density at radius 1 is 1.15 bits per heavy atom. The molecule has 1 unspecified atom stereocenters. The molecule has 33 heavy (non-hydrogen) atoms. The second kappa shape index (κ2) is 12.8. The van der Waals surface area contributed by atoms with Crippen molar-refractivity contribution < 1.29 is 9.47 Å². The molecule has 1 aliphatic rings. The van der Waals surface area contributed by atoms with Crippen molar-refractivity contribution in [2.24, 2.45) is 4.99 Å². The van der Waals surface area contributed by atoms with Crippen molar-refractivity contribution in [3.8, 4) is 5.75 Å². The summed E-state index contributed by atoms with van der Waals surface area (Å²) in [7, 11) is 3.50. The minimum absolute atomic E-state index is 0. The maximum atomic E-state index is 5.56. The summed E-state index contributed by atoms with van der Waals surface area (Å²) in [5.41, 5.74) is 3.28. The minimum atomic E-state index is 0. The van der Waals surface area contributed by atoms with Gasteiger partial charge < -0.3 is 24.5 Å². The van der Waals surface area contributed by atoms with Gasteiger partial charge in [-0.05, 0) is 29.8 Å². The van der Waals surface area contributed by atoms with Crippen molar-refractivity contribution in [3.63, 3.8) is 0 Å². The number of halogens is 1. The van der Waals surface area contributed by atoms with E-state index in [-0.39, 0.29) is 30.0 Å². The van der Waals surface area contributed by atoms with Crippen molar-refractivity contribution in [1.82, 2.24) is 24.9 Å². The van der Waals surface area contributed by atoms with Gasteiger partial charge in [0.15, 0.2) is 5.96 Å². The van der Waals surface area contributed by atoms with Crippen LogP contribution in [0.3, 0.4) is 0 Å². The first-order chi connectivity index (χ1) is 15.8. The molecule has 0 saturated carbocycles. The van der Waals surface area contributed by atoms with Gasteiger partial charge in [-0.3, -0.25) is 9.89 Å². The highest BCUT2D eigenvalue weighted by molar-refractivity contribution is 14.0. The molecule has 9 heteroatoms. The molecule has 0 spiro atoms. The van der Waals surface area contributed by atoms with Gasteiger partial charge in [0.05, 0.1) is 32.1 Å². The van der Waals surface area contributed by atoms with Crippen molar-refractivity contribution in [2.75, 3.05) is 53.6 Å². The lowest BCUT2D eigenvalue weighted by Crippen LogP contribution is -2.46. The number of hydrogen-bond acceptors (Lipinski definition) is 5. The molecule has 3 heterocycles. The number of imidazole rings is 1. The Hall–Kier alpha value is -2.37. The average Bonchev–Trinajstić information content (AvgIpc) is 3.27. The van der Waals surface area contributed by atoms with Crippen LogP contribution in [0.4, 0.5) is 0 Å². The lowest BCUT2D eigenvalue weighted by atomic mass is 10.0. The van der Waals surface area contributed by atoms with Crippen LogP contribution in [0.25, 0.3) is 5.65 Å². The molecule has 3 aromatic rings. The lowest BCUT2D eigenvalue weighted by Gasteiger charge is -2.35. The Balaban J connectivity index is 0.00000306. The van der Waals surface area contributed by atoms with E-state index in [0.29, 0.717) is 0 Å². The van der Waals surface area contributed by atoms with Crippen LogP contribution in [-0.2, 0) is 11.2 Å². The van der Waals surface area contributed by atoms with Gasteiger partial charge in [-0.25, -0.2) is 4.98 Å². The van der Waals surface area contributed by atoms with Gasteiger partial charge in [0.1, 0.15) is 11.4 Å². The molecule has 2 N–H and O–H groups in total. The molecule has 1 saturated heterocycles. The van der Waals surface area contributed by atoms with E-state index in [9.17, 15) is 0 Å². The third kappa shape index (κ3) is 6.81. The van der Waals surface area contributed by atoms with E-state index in [1.54, 1.807) is 14.2 Å². The fourth-order valence-electron chi connectivity index (χ4n) is 4.00. The monoisotopic (exact) mass is 564 g/mol. The molecule has 1 atom stereocenters. The normalized spacial score (nSPS) is 15.6. The van der Waals surface area contributed by atoms with E-state index >= 15 is 0 Å². The first-order valence-corrected chi connectivity index (χ1v) is 11.1. The first kappa shape index (κ1) is 25.3. The van der Waals surface area contributed by atoms with Gasteiger partial charge in [0.2, 0.25) is 0 Å². The van der Waals surface area contributed by atoms with Crippen LogP contribution in [0.1, 0.15) is 17.3 Å². The molecular weight excluding hydrogens is 531 g/mol. The zero-order valence-corrected chi connectivity index (χ0v) is 21.6. The molecule has 1 aromatic carbocycles. The van der Waals surface area contributed by atoms with Gasteiger partial charge in [-0.15, -0.1) is 24.0 Å². The fraction of sp³-hybridized carbons (Fsp3) is 0.417. The first-order valence-electron chi connectivity index (χ1n) is 11.1. The summed E-state index contributed by atoms with van der Waals surface area (Å²) in [4.78, 5) is 11.5. The summed E-state index contributed by atoms with van der Waals surface area (Å²) in [6, 6.07) is 14.6. The number of aliphatic imine (C=N–C) groups is 1. The Morgan fingerprint density at radius 3 is 2.64 bits per heavy atom. The second-order valence-corrected chi connectivity index (χ2v) is 7.77. The highest BCUT2D eigenvalue weighted by Crippen LogP contribution is 2.23. The molecule has 0 amide bonds. The zero-order valence-electron chi connectivity index (χ0n) is 19.2. The smallest absolute Gasteiger partial charge is 0.191 e. The van der Waals surface area contributed by atoms with E-state index in [1.165, 1.54) is 5.56 Å². The summed E-state index contributed by atoms with van der Waals surface area (Å²) in [6.07, 6.45) is 4.92. The van der Waals surface area contributed by atoms with E-state index in [1.807, 2.05) is 40.9 Å². The maximum Gasteiger partial charge on any atom is 0.191 e. The number of nitrogens with zero attached hydrogens (tertiary/aromatic N) is 4. The van der Waals surface area contributed by atoms with Gasteiger partial charge in [-0.1, -0.05) is 18.2 Å². The standard InChI is InChI=1S/C24H32N6O2.HI/c1-25-24(26-11-10-20-18-30-12-4-3-5-23(30)28-20)27-17-22(29-13-15-32-16-14-29)19-6-8-21(31-2)9-7-19;/h3-9,12,18,22H,10-11,13-17H2,1-2H3,(H2,25,26,27);1H. The Bertz CT molecular complexity index is 984. The summed E-state index contributed by atoms with van der Waals surface area (Å²) < 4.78 is 12.9. The van der Waals surface area contributed by atoms with Crippen LogP contribution in [0.15, 0.2) is 59.9 Å². The average molecular weight is 564 g/mol.